The third kappa shape index (κ3) is 3.62. The van der Waals surface area contributed by atoms with Crippen LogP contribution in [0.5, 0.6) is 0 Å². The van der Waals surface area contributed by atoms with Crippen LogP contribution in [0.2, 0.25) is 0 Å². The van der Waals surface area contributed by atoms with Crippen LogP contribution in [-0.4, -0.2) is 19.4 Å². The van der Waals surface area contributed by atoms with E-state index in [0.29, 0.717) is 5.56 Å². The Bertz CT molecular complexity index is 450. The van der Waals surface area contributed by atoms with E-state index in [-0.39, 0.29) is 0 Å². The van der Waals surface area contributed by atoms with Crippen molar-refractivity contribution in [3.8, 4) is 0 Å². The van der Waals surface area contributed by atoms with Gasteiger partial charge in [0.1, 0.15) is 5.82 Å². The van der Waals surface area contributed by atoms with E-state index < -0.39 is 35.7 Å². The molecule has 1 N–H and O–H groups in total. The van der Waals surface area contributed by atoms with E-state index >= 15 is 0 Å². The van der Waals surface area contributed by atoms with Gasteiger partial charge < -0.3 is 5.32 Å². The number of rotatable bonds is 3. The molecule has 8 heteroatoms. The molecular weight excluding hydrogens is 291 g/mol. The highest BCUT2D eigenvalue weighted by molar-refractivity contribution is 5.28. The van der Waals surface area contributed by atoms with Gasteiger partial charge in [-0.3, -0.25) is 0 Å². The summed E-state index contributed by atoms with van der Waals surface area (Å²) in [5.41, 5.74) is -0.295. The predicted octanol–water partition coefficient (Wildman–Crippen LogP) is 4.14. The van der Waals surface area contributed by atoms with Crippen LogP contribution in [0.4, 0.5) is 30.7 Å². The minimum Gasteiger partial charge on any atom is -0.312 e. The second-order valence-corrected chi connectivity index (χ2v) is 4.35. The van der Waals surface area contributed by atoms with Crippen molar-refractivity contribution >= 4 is 0 Å². The fraction of sp³-hybridized carbons (Fsp3) is 0.500. The third-order valence-electron chi connectivity index (χ3n) is 2.84. The summed E-state index contributed by atoms with van der Waals surface area (Å²) in [6.07, 6.45) is -11.1. The average molecular weight is 303 g/mol. The summed E-state index contributed by atoms with van der Waals surface area (Å²) in [5.74, 6) is -4.80. The maximum atomic E-state index is 13.6. The molecule has 1 rings (SSSR count). The van der Waals surface area contributed by atoms with Crippen molar-refractivity contribution < 1.29 is 30.7 Å². The normalized spacial score (nSPS) is 14.7. The Morgan fingerprint density at radius 2 is 1.50 bits per heavy atom. The number of halogens is 7. The van der Waals surface area contributed by atoms with Gasteiger partial charge in [0.2, 0.25) is 0 Å². The van der Waals surface area contributed by atoms with Gasteiger partial charge in [-0.05, 0) is 20.0 Å². The molecule has 1 atom stereocenters. The van der Waals surface area contributed by atoms with Gasteiger partial charge in [-0.15, -0.1) is 0 Å². The lowest BCUT2D eigenvalue weighted by Crippen LogP contribution is -2.45. The summed E-state index contributed by atoms with van der Waals surface area (Å²) >= 11 is 0. The smallest absolute Gasteiger partial charge is 0.312 e. The van der Waals surface area contributed by atoms with Crippen molar-refractivity contribution in [3.05, 3.63) is 35.1 Å². The van der Waals surface area contributed by atoms with E-state index in [2.05, 4.69) is 0 Å². The van der Waals surface area contributed by atoms with Crippen LogP contribution >= 0.6 is 0 Å². The number of alkyl halides is 6. The maximum absolute atomic E-state index is 13.6. The van der Waals surface area contributed by atoms with E-state index in [1.807, 2.05) is 5.32 Å². The summed E-state index contributed by atoms with van der Waals surface area (Å²) in [6, 6.07) is 0.844. The van der Waals surface area contributed by atoms with Crippen LogP contribution in [-0.2, 0) is 0 Å². The first-order valence-electron chi connectivity index (χ1n) is 5.55. The molecule has 114 valence electrons. The summed E-state index contributed by atoms with van der Waals surface area (Å²) in [5, 5.41) is 1.92. The van der Waals surface area contributed by atoms with Crippen LogP contribution in [0.15, 0.2) is 18.2 Å². The largest absolute Gasteiger partial charge is 0.402 e. The fourth-order valence-corrected chi connectivity index (χ4v) is 1.97. The minimum absolute atomic E-state index is 0.366. The molecule has 0 amide bonds. The number of hydrogen-bond acceptors (Lipinski definition) is 1. The van der Waals surface area contributed by atoms with E-state index in [1.165, 1.54) is 13.0 Å². The van der Waals surface area contributed by atoms with Crippen LogP contribution in [0, 0.1) is 18.7 Å². The number of aryl methyl sites for hydroxylation is 1. The van der Waals surface area contributed by atoms with Crippen molar-refractivity contribution in [2.24, 2.45) is 5.92 Å². The standard InChI is InChI=1S/C12H12F7N/c1-6-3-4-8(13)7(5-6)9(20-2)10(11(14,15)16)12(17,18)19/h3-5,9-10,20H,1-2H3. The second kappa shape index (κ2) is 5.59. The van der Waals surface area contributed by atoms with Crippen LogP contribution in [0.25, 0.3) is 0 Å². The Labute approximate surface area is 110 Å². The number of hydrogen-bond donors (Lipinski definition) is 1. The summed E-state index contributed by atoms with van der Waals surface area (Å²) < 4.78 is 89.7. The minimum atomic E-state index is -5.54. The van der Waals surface area contributed by atoms with Crippen molar-refractivity contribution in [1.29, 1.82) is 0 Å². The van der Waals surface area contributed by atoms with Crippen LogP contribution in [0.3, 0.4) is 0 Å². The van der Waals surface area contributed by atoms with Crippen molar-refractivity contribution in [2.45, 2.75) is 25.3 Å². The zero-order chi connectivity index (χ0) is 15.7. The molecule has 1 aromatic carbocycles. The first-order chi connectivity index (χ1) is 8.98. The third-order valence-corrected chi connectivity index (χ3v) is 2.84. The van der Waals surface area contributed by atoms with Gasteiger partial charge in [0.15, 0.2) is 5.92 Å². The Hall–Kier alpha value is -1.31. The summed E-state index contributed by atoms with van der Waals surface area (Å²) in [4.78, 5) is 0. The quantitative estimate of drug-likeness (QED) is 0.828. The molecule has 1 unspecified atom stereocenters. The molecule has 1 aromatic rings. The molecule has 20 heavy (non-hydrogen) atoms. The Morgan fingerprint density at radius 1 is 1.00 bits per heavy atom. The van der Waals surface area contributed by atoms with Gasteiger partial charge in [-0.1, -0.05) is 17.7 Å². The Balaban J connectivity index is 3.38. The lowest BCUT2D eigenvalue weighted by Gasteiger charge is -2.31. The lowest BCUT2D eigenvalue weighted by molar-refractivity contribution is -0.292. The second-order valence-electron chi connectivity index (χ2n) is 4.35. The monoisotopic (exact) mass is 303 g/mol. The van der Waals surface area contributed by atoms with Gasteiger partial charge in [-0.2, -0.15) is 26.3 Å². The first-order valence-corrected chi connectivity index (χ1v) is 5.55. The molecule has 0 heterocycles. The van der Waals surface area contributed by atoms with Gasteiger partial charge in [-0.25, -0.2) is 4.39 Å². The highest BCUT2D eigenvalue weighted by atomic mass is 19.4. The fourth-order valence-electron chi connectivity index (χ4n) is 1.97. The zero-order valence-corrected chi connectivity index (χ0v) is 10.5. The number of nitrogens with one attached hydrogen (secondary N) is 1. The molecule has 0 aliphatic heterocycles. The highest BCUT2D eigenvalue weighted by Crippen LogP contribution is 2.46. The molecule has 0 spiro atoms. The molecular formula is C12H12F7N. The molecule has 0 aliphatic carbocycles. The van der Waals surface area contributed by atoms with Crippen molar-refractivity contribution in [1.82, 2.24) is 5.32 Å². The van der Waals surface area contributed by atoms with E-state index in [1.54, 1.807) is 0 Å². The maximum Gasteiger partial charge on any atom is 0.402 e. The van der Waals surface area contributed by atoms with Crippen molar-refractivity contribution in [2.75, 3.05) is 7.05 Å². The van der Waals surface area contributed by atoms with E-state index in [0.717, 1.165) is 19.2 Å². The molecule has 1 nitrogen and oxygen atoms in total. The van der Waals surface area contributed by atoms with Gasteiger partial charge in [0.25, 0.3) is 0 Å². The molecule has 0 aromatic heterocycles. The molecule has 0 radical (unpaired) electrons. The van der Waals surface area contributed by atoms with Gasteiger partial charge in [0, 0.05) is 5.56 Å². The number of benzene rings is 1. The topological polar surface area (TPSA) is 12.0 Å². The van der Waals surface area contributed by atoms with Crippen LogP contribution < -0.4 is 5.32 Å². The molecule has 0 bridgehead atoms. The van der Waals surface area contributed by atoms with Gasteiger partial charge in [0.05, 0.1) is 6.04 Å². The summed E-state index contributed by atoms with van der Waals surface area (Å²) in [6.45, 7) is 1.45. The zero-order valence-electron chi connectivity index (χ0n) is 10.5. The highest BCUT2D eigenvalue weighted by Gasteiger charge is 2.60. The molecule has 0 saturated carbocycles. The summed E-state index contributed by atoms with van der Waals surface area (Å²) in [7, 11) is 0.928. The average Bonchev–Trinajstić information content (AvgIpc) is 2.25. The SMILES string of the molecule is CNC(c1cc(C)ccc1F)C(C(F)(F)F)C(F)(F)F. The molecule has 0 saturated heterocycles. The van der Waals surface area contributed by atoms with Gasteiger partial charge >= 0.3 is 12.4 Å². The molecule has 0 fully saturated rings. The van der Waals surface area contributed by atoms with E-state index in [4.69, 9.17) is 0 Å². The first kappa shape index (κ1) is 16.7. The molecule has 0 aliphatic rings. The van der Waals surface area contributed by atoms with E-state index in [9.17, 15) is 30.7 Å². The Kier molecular flexibility index (Phi) is 4.68. The van der Waals surface area contributed by atoms with Crippen LogP contribution in [0.1, 0.15) is 17.2 Å². The Morgan fingerprint density at radius 3 is 1.90 bits per heavy atom. The van der Waals surface area contributed by atoms with Crippen molar-refractivity contribution in [3.63, 3.8) is 0 Å². The predicted molar refractivity (Wildman–Crippen MR) is 58.5 cm³/mol. The lowest BCUT2D eigenvalue weighted by atomic mass is 9.90.